The largest absolute Gasteiger partial charge is 0.486 e. The van der Waals surface area contributed by atoms with Crippen LogP contribution in [0, 0.1) is 5.92 Å². The van der Waals surface area contributed by atoms with Crippen molar-refractivity contribution in [2.45, 2.75) is 12.8 Å². The van der Waals surface area contributed by atoms with Crippen LogP contribution in [0.2, 0.25) is 0 Å². The molecule has 0 spiro atoms. The number of fused-ring (bicyclic) bond motifs is 1. The molecule has 1 aromatic rings. The molecule has 2 aliphatic rings. The fraction of sp³-hybridized carbons (Fsp3) is 0.412. The maximum Gasteiger partial charge on any atom is 0.244 e. The van der Waals surface area contributed by atoms with Gasteiger partial charge < -0.3 is 20.1 Å². The fourth-order valence-electron chi connectivity index (χ4n) is 2.26. The van der Waals surface area contributed by atoms with Gasteiger partial charge in [0.25, 0.3) is 0 Å². The van der Waals surface area contributed by atoms with Crippen molar-refractivity contribution in [2.24, 2.45) is 5.92 Å². The summed E-state index contributed by atoms with van der Waals surface area (Å²) in [7, 11) is 0. The minimum absolute atomic E-state index is 0.0890. The van der Waals surface area contributed by atoms with Gasteiger partial charge in [0.05, 0.1) is 0 Å². The number of hydrogen-bond donors (Lipinski definition) is 2. The quantitative estimate of drug-likeness (QED) is 0.609. The number of amides is 2. The maximum absolute atomic E-state index is 11.7. The summed E-state index contributed by atoms with van der Waals surface area (Å²) < 4.78 is 10.9. The topological polar surface area (TPSA) is 76.7 Å². The van der Waals surface area contributed by atoms with Gasteiger partial charge in [-0.15, -0.1) is 0 Å². The Morgan fingerprint density at radius 2 is 1.83 bits per heavy atom. The van der Waals surface area contributed by atoms with E-state index in [0.717, 1.165) is 24.2 Å². The first-order valence-electron chi connectivity index (χ1n) is 7.85. The first kappa shape index (κ1) is 15.4. The number of carbonyl (C=O) groups is 2. The molecule has 0 saturated heterocycles. The molecule has 0 aromatic heterocycles. The molecule has 1 heterocycles. The van der Waals surface area contributed by atoms with Crippen LogP contribution in [0.1, 0.15) is 18.4 Å². The minimum Gasteiger partial charge on any atom is -0.486 e. The van der Waals surface area contributed by atoms with Gasteiger partial charge in [-0.1, -0.05) is 6.07 Å². The lowest BCUT2D eigenvalue weighted by Crippen LogP contribution is -2.34. The molecule has 2 N–H and O–H groups in total. The van der Waals surface area contributed by atoms with E-state index in [-0.39, 0.29) is 17.7 Å². The molecule has 0 atom stereocenters. The number of hydrogen-bond acceptors (Lipinski definition) is 4. The summed E-state index contributed by atoms with van der Waals surface area (Å²) in [5.74, 6) is 1.51. The summed E-state index contributed by atoms with van der Waals surface area (Å²) in [6.07, 6.45) is 5.15. The van der Waals surface area contributed by atoms with E-state index in [1.54, 1.807) is 6.08 Å². The SMILES string of the molecule is O=C(C=Cc1ccc2c(c1)OCCO2)NCCNC(=O)C1CC1. The first-order chi connectivity index (χ1) is 11.2. The second-order valence-electron chi connectivity index (χ2n) is 5.59. The van der Waals surface area contributed by atoms with Crippen molar-refractivity contribution in [3.8, 4) is 11.5 Å². The number of carbonyl (C=O) groups excluding carboxylic acids is 2. The minimum atomic E-state index is -0.194. The fourth-order valence-corrected chi connectivity index (χ4v) is 2.26. The normalized spacial score (nSPS) is 16.2. The number of ether oxygens (including phenoxy) is 2. The maximum atomic E-state index is 11.7. The highest BCUT2D eigenvalue weighted by Crippen LogP contribution is 2.31. The molecule has 1 aliphatic heterocycles. The number of rotatable bonds is 6. The third-order valence-corrected chi connectivity index (χ3v) is 3.66. The highest BCUT2D eigenvalue weighted by atomic mass is 16.6. The Kier molecular flexibility index (Phi) is 4.80. The Morgan fingerprint density at radius 3 is 2.61 bits per heavy atom. The Morgan fingerprint density at radius 1 is 1.09 bits per heavy atom. The third kappa shape index (κ3) is 4.48. The summed E-state index contributed by atoms with van der Waals surface area (Å²) >= 11 is 0. The molecule has 1 fully saturated rings. The van der Waals surface area contributed by atoms with Crippen molar-refractivity contribution in [3.63, 3.8) is 0 Å². The van der Waals surface area contributed by atoms with Crippen LogP contribution in [0.5, 0.6) is 11.5 Å². The monoisotopic (exact) mass is 316 g/mol. The molecule has 0 unspecified atom stereocenters. The van der Waals surface area contributed by atoms with E-state index in [9.17, 15) is 9.59 Å². The van der Waals surface area contributed by atoms with Gasteiger partial charge in [0.1, 0.15) is 13.2 Å². The van der Waals surface area contributed by atoms with Crippen LogP contribution in [-0.4, -0.2) is 38.1 Å². The lowest BCUT2D eigenvalue weighted by atomic mass is 10.2. The lowest BCUT2D eigenvalue weighted by Gasteiger charge is -2.18. The summed E-state index contributed by atoms with van der Waals surface area (Å²) in [6, 6.07) is 5.54. The van der Waals surface area contributed by atoms with E-state index in [2.05, 4.69) is 10.6 Å². The second-order valence-corrected chi connectivity index (χ2v) is 5.59. The smallest absolute Gasteiger partial charge is 0.244 e. The molecule has 0 radical (unpaired) electrons. The van der Waals surface area contributed by atoms with E-state index in [4.69, 9.17) is 9.47 Å². The van der Waals surface area contributed by atoms with Gasteiger partial charge in [0, 0.05) is 25.1 Å². The second kappa shape index (κ2) is 7.17. The zero-order chi connectivity index (χ0) is 16.1. The van der Waals surface area contributed by atoms with Gasteiger partial charge in [-0.3, -0.25) is 9.59 Å². The third-order valence-electron chi connectivity index (χ3n) is 3.66. The van der Waals surface area contributed by atoms with Gasteiger partial charge in [0.15, 0.2) is 11.5 Å². The van der Waals surface area contributed by atoms with Gasteiger partial charge in [-0.2, -0.15) is 0 Å². The summed E-state index contributed by atoms with van der Waals surface area (Å²) in [5.41, 5.74) is 0.867. The standard InChI is InChI=1S/C17H20N2O4/c20-16(18-7-8-19-17(21)13-3-4-13)6-2-12-1-5-14-15(11-12)23-10-9-22-14/h1-2,5-6,11,13H,3-4,7-10H2,(H,18,20)(H,19,21). The molecule has 23 heavy (non-hydrogen) atoms. The summed E-state index contributed by atoms with van der Waals surface area (Å²) in [6.45, 7) is 1.97. The van der Waals surface area contributed by atoms with Crippen molar-refractivity contribution >= 4 is 17.9 Å². The van der Waals surface area contributed by atoms with Gasteiger partial charge >= 0.3 is 0 Å². The van der Waals surface area contributed by atoms with Crippen molar-refractivity contribution < 1.29 is 19.1 Å². The molecule has 1 aliphatic carbocycles. The van der Waals surface area contributed by atoms with Crippen LogP contribution in [-0.2, 0) is 9.59 Å². The van der Waals surface area contributed by atoms with Crippen LogP contribution in [0.15, 0.2) is 24.3 Å². The van der Waals surface area contributed by atoms with Crippen LogP contribution in [0.3, 0.4) is 0 Å². The van der Waals surface area contributed by atoms with Gasteiger partial charge in [-0.25, -0.2) is 0 Å². The average Bonchev–Trinajstić information content (AvgIpc) is 3.41. The molecular weight excluding hydrogens is 296 g/mol. The molecule has 122 valence electrons. The van der Waals surface area contributed by atoms with E-state index in [0.29, 0.717) is 32.1 Å². The molecule has 1 aromatic carbocycles. The van der Waals surface area contributed by atoms with Crippen molar-refractivity contribution in [1.29, 1.82) is 0 Å². The highest BCUT2D eigenvalue weighted by Gasteiger charge is 2.28. The Labute approximate surface area is 134 Å². The number of benzene rings is 1. The molecule has 3 rings (SSSR count). The number of nitrogens with one attached hydrogen (secondary N) is 2. The highest BCUT2D eigenvalue weighted by molar-refractivity contribution is 5.91. The van der Waals surface area contributed by atoms with Crippen LogP contribution in [0.4, 0.5) is 0 Å². The van der Waals surface area contributed by atoms with Gasteiger partial charge in [0.2, 0.25) is 11.8 Å². The van der Waals surface area contributed by atoms with E-state index < -0.39 is 0 Å². The van der Waals surface area contributed by atoms with Crippen LogP contribution in [0.25, 0.3) is 6.08 Å². The average molecular weight is 316 g/mol. The van der Waals surface area contributed by atoms with Crippen LogP contribution >= 0.6 is 0 Å². The molecule has 0 bridgehead atoms. The Hall–Kier alpha value is -2.50. The predicted molar refractivity (Wildman–Crippen MR) is 85.2 cm³/mol. The lowest BCUT2D eigenvalue weighted by molar-refractivity contribution is -0.122. The molecule has 2 amide bonds. The zero-order valence-electron chi connectivity index (χ0n) is 12.8. The van der Waals surface area contributed by atoms with E-state index >= 15 is 0 Å². The van der Waals surface area contributed by atoms with Crippen molar-refractivity contribution in [3.05, 3.63) is 29.8 Å². The Bertz CT molecular complexity index is 623. The van der Waals surface area contributed by atoms with Crippen molar-refractivity contribution in [2.75, 3.05) is 26.3 Å². The summed E-state index contributed by atoms with van der Waals surface area (Å²) in [5, 5.41) is 5.53. The van der Waals surface area contributed by atoms with Crippen molar-refractivity contribution in [1.82, 2.24) is 10.6 Å². The van der Waals surface area contributed by atoms with E-state index in [1.165, 1.54) is 6.08 Å². The first-order valence-corrected chi connectivity index (χ1v) is 7.85. The van der Waals surface area contributed by atoms with Crippen LogP contribution < -0.4 is 20.1 Å². The molecular formula is C17H20N2O4. The Balaban J connectivity index is 1.41. The summed E-state index contributed by atoms with van der Waals surface area (Å²) in [4.78, 5) is 23.1. The molecule has 6 nitrogen and oxygen atoms in total. The zero-order valence-corrected chi connectivity index (χ0v) is 12.8. The van der Waals surface area contributed by atoms with Gasteiger partial charge in [-0.05, 0) is 36.6 Å². The molecule has 6 heteroatoms. The predicted octanol–water partition coefficient (Wildman–Crippen LogP) is 1.11. The van der Waals surface area contributed by atoms with E-state index in [1.807, 2.05) is 18.2 Å². The molecule has 1 saturated carbocycles.